The van der Waals surface area contributed by atoms with Crippen molar-refractivity contribution in [2.75, 3.05) is 6.54 Å². The first-order chi connectivity index (χ1) is 11.1. The van der Waals surface area contributed by atoms with Crippen LogP contribution in [0, 0.1) is 13.8 Å². The molecule has 7 heteroatoms. The van der Waals surface area contributed by atoms with Gasteiger partial charge in [0.15, 0.2) is 0 Å². The van der Waals surface area contributed by atoms with Gasteiger partial charge in [0.2, 0.25) is 0 Å². The Morgan fingerprint density at radius 2 is 2.30 bits per heavy atom. The molecule has 0 bridgehead atoms. The zero-order chi connectivity index (χ0) is 16.4. The first-order valence-corrected chi connectivity index (χ1v) is 8.06. The standard InChI is InChI=1S/C16H23N5O2/c1-10(15-11(2)20-23-12(15)3)19-16(22)21-7-5-4-6-14(21)13-8-17-18-9-13/h8-10,14H,4-7H2,1-3H3,(H,17,18)(H,19,22)/t10-,14+/m0/s1. The Bertz CT molecular complexity index is 645. The van der Waals surface area contributed by atoms with E-state index in [0.29, 0.717) is 0 Å². The molecule has 2 atom stereocenters. The van der Waals surface area contributed by atoms with Gasteiger partial charge in [-0.1, -0.05) is 5.16 Å². The van der Waals surface area contributed by atoms with Crippen LogP contribution >= 0.6 is 0 Å². The summed E-state index contributed by atoms with van der Waals surface area (Å²) in [6, 6.07) is -0.108. The molecule has 7 nitrogen and oxygen atoms in total. The first kappa shape index (κ1) is 15.6. The van der Waals surface area contributed by atoms with Crippen LogP contribution in [-0.4, -0.2) is 32.8 Å². The molecule has 0 aliphatic carbocycles. The third kappa shape index (κ3) is 3.09. The minimum absolute atomic E-state index is 0.0524. The van der Waals surface area contributed by atoms with Crippen LogP contribution in [0.3, 0.4) is 0 Å². The third-order valence-electron chi connectivity index (χ3n) is 4.53. The minimum Gasteiger partial charge on any atom is -0.361 e. The average molecular weight is 317 g/mol. The third-order valence-corrected chi connectivity index (χ3v) is 4.53. The van der Waals surface area contributed by atoms with Gasteiger partial charge in [0, 0.05) is 23.9 Å². The summed E-state index contributed by atoms with van der Waals surface area (Å²) in [7, 11) is 0. The van der Waals surface area contributed by atoms with Crippen LogP contribution < -0.4 is 5.32 Å². The molecule has 0 unspecified atom stereocenters. The Hall–Kier alpha value is -2.31. The minimum atomic E-state index is -0.138. The second-order valence-corrected chi connectivity index (χ2v) is 6.15. The van der Waals surface area contributed by atoms with Crippen molar-refractivity contribution in [3.8, 4) is 0 Å². The smallest absolute Gasteiger partial charge is 0.318 e. The van der Waals surface area contributed by atoms with Crippen LogP contribution in [0.15, 0.2) is 16.9 Å². The van der Waals surface area contributed by atoms with E-state index >= 15 is 0 Å². The number of nitrogens with zero attached hydrogens (tertiary/aromatic N) is 3. The Morgan fingerprint density at radius 3 is 2.96 bits per heavy atom. The van der Waals surface area contributed by atoms with Crippen molar-refractivity contribution >= 4 is 6.03 Å². The van der Waals surface area contributed by atoms with Gasteiger partial charge in [-0.25, -0.2) is 4.79 Å². The number of rotatable bonds is 3. The van der Waals surface area contributed by atoms with E-state index in [1.54, 1.807) is 6.20 Å². The highest BCUT2D eigenvalue weighted by atomic mass is 16.5. The van der Waals surface area contributed by atoms with E-state index in [2.05, 4.69) is 20.7 Å². The van der Waals surface area contributed by atoms with Crippen molar-refractivity contribution < 1.29 is 9.32 Å². The molecule has 0 spiro atoms. The maximum absolute atomic E-state index is 12.8. The van der Waals surface area contributed by atoms with Gasteiger partial charge in [0.1, 0.15) is 5.76 Å². The van der Waals surface area contributed by atoms with E-state index in [1.807, 2.05) is 31.9 Å². The molecule has 1 aliphatic rings. The van der Waals surface area contributed by atoms with Crippen LogP contribution in [0.1, 0.15) is 60.9 Å². The second kappa shape index (κ2) is 6.44. The largest absolute Gasteiger partial charge is 0.361 e. The number of nitrogens with one attached hydrogen (secondary N) is 2. The van der Waals surface area contributed by atoms with Gasteiger partial charge in [-0.05, 0) is 40.0 Å². The molecule has 0 saturated carbocycles. The molecular weight excluding hydrogens is 294 g/mol. The molecule has 2 N–H and O–H groups in total. The molecule has 1 fully saturated rings. The van der Waals surface area contributed by atoms with Crippen molar-refractivity contribution in [3.05, 3.63) is 35.0 Å². The normalized spacial score (nSPS) is 19.6. The van der Waals surface area contributed by atoms with Gasteiger partial charge >= 0.3 is 6.03 Å². The van der Waals surface area contributed by atoms with E-state index in [-0.39, 0.29) is 18.1 Å². The Morgan fingerprint density at radius 1 is 1.48 bits per heavy atom. The Labute approximate surface area is 135 Å². The predicted octanol–water partition coefficient (Wildman–Crippen LogP) is 3.01. The summed E-state index contributed by atoms with van der Waals surface area (Å²) >= 11 is 0. The molecule has 0 aromatic carbocycles. The number of amides is 2. The van der Waals surface area contributed by atoms with Gasteiger partial charge in [-0.15, -0.1) is 0 Å². The molecule has 2 aromatic rings. The van der Waals surface area contributed by atoms with Crippen LogP contribution in [0.5, 0.6) is 0 Å². The second-order valence-electron chi connectivity index (χ2n) is 6.15. The van der Waals surface area contributed by atoms with Gasteiger partial charge < -0.3 is 14.7 Å². The van der Waals surface area contributed by atoms with Crippen LogP contribution in [0.2, 0.25) is 0 Å². The molecule has 2 amide bonds. The van der Waals surface area contributed by atoms with Crippen molar-refractivity contribution in [2.24, 2.45) is 0 Å². The fourth-order valence-corrected chi connectivity index (χ4v) is 3.41. The number of carbonyl (C=O) groups is 1. The quantitative estimate of drug-likeness (QED) is 0.911. The molecule has 3 heterocycles. The highest BCUT2D eigenvalue weighted by Gasteiger charge is 2.30. The van der Waals surface area contributed by atoms with Crippen molar-refractivity contribution in [1.29, 1.82) is 0 Å². The summed E-state index contributed by atoms with van der Waals surface area (Å²) in [6.45, 7) is 6.48. The molecular formula is C16H23N5O2. The molecule has 2 aromatic heterocycles. The van der Waals surface area contributed by atoms with E-state index in [9.17, 15) is 4.79 Å². The monoisotopic (exact) mass is 317 g/mol. The lowest BCUT2D eigenvalue weighted by atomic mass is 9.98. The fraction of sp³-hybridized carbons (Fsp3) is 0.562. The van der Waals surface area contributed by atoms with Crippen LogP contribution in [0.4, 0.5) is 4.79 Å². The molecule has 1 saturated heterocycles. The molecule has 3 rings (SSSR count). The van der Waals surface area contributed by atoms with Gasteiger partial charge in [0.05, 0.1) is 24.0 Å². The van der Waals surface area contributed by atoms with E-state index in [0.717, 1.165) is 48.4 Å². The lowest BCUT2D eigenvalue weighted by Gasteiger charge is -2.36. The topological polar surface area (TPSA) is 87.1 Å². The number of H-pyrrole nitrogens is 1. The predicted molar refractivity (Wildman–Crippen MR) is 84.8 cm³/mol. The first-order valence-electron chi connectivity index (χ1n) is 8.06. The van der Waals surface area contributed by atoms with E-state index < -0.39 is 0 Å². The average Bonchev–Trinajstić information content (AvgIpc) is 3.17. The lowest BCUT2D eigenvalue weighted by Crippen LogP contribution is -2.45. The number of likely N-dealkylation sites (tertiary alicyclic amines) is 1. The van der Waals surface area contributed by atoms with E-state index in [1.165, 1.54) is 0 Å². The fourth-order valence-electron chi connectivity index (χ4n) is 3.41. The van der Waals surface area contributed by atoms with E-state index in [4.69, 9.17) is 4.52 Å². The van der Waals surface area contributed by atoms with Gasteiger partial charge in [-0.3, -0.25) is 5.10 Å². The van der Waals surface area contributed by atoms with Crippen LogP contribution in [-0.2, 0) is 0 Å². The van der Waals surface area contributed by atoms with Crippen molar-refractivity contribution in [2.45, 2.75) is 52.1 Å². The summed E-state index contributed by atoms with van der Waals surface area (Å²) in [5.74, 6) is 0.750. The Balaban J connectivity index is 1.73. The van der Waals surface area contributed by atoms with Gasteiger partial charge in [-0.2, -0.15) is 5.10 Å². The molecule has 23 heavy (non-hydrogen) atoms. The number of aryl methyl sites for hydroxylation is 2. The highest BCUT2D eigenvalue weighted by molar-refractivity contribution is 5.75. The molecule has 1 aliphatic heterocycles. The van der Waals surface area contributed by atoms with Crippen molar-refractivity contribution in [1.82, 2.24) is 25.6 Å². The zero-order valence-corrected chi connectivity index (χ0v) is 13.8. The summed E-state index contributed by atoms with van der Waals surface area (Å²) in [5.41, 5.74) is 2.83. The summed E-state index contributed by atoms with van der Waals surface area (Å²) in [6.07, 6.45) is 6.79. The SMILES string of the molecule is Cc1noc(C)c1[C@H](C)NC(=O)N1CCCC[C@@H]1c1cn[nH]c1. The number of aromatic amines is 1. The zero-order valence-electron chi connectivity index (χ0n) is 13.8. The summed E-state index contributed by atoms with van der Waals surface area (Å²) in [5, 5.41) is 13.9. The number of carbonyl (C=O) groups excluding carboxylic acids is 1. The van der Waals surface area contributed by atoms with Crippen LogP contribution in [0.25, 0.3) is 0 Å². The maximum Gasteiger partial charge on any atom is 0.318 e. The van der Waals surface area contributed by atoms with Gasteiger partial charge in [0.25, 0.3) is 0 Å². The lowest BCUT2D eigenvalue weighted by molar-refractivity contribution is 0.149. The maximum atomic E-state index is 12.8. The highest BCUT2D eigenvalue weighted by Crippen LogP contribution is 2.31. The number of urea groups is 1. The Kier molecular flexibility index (Phi) is 4.36. The number of piperidine rings is 1. The summed E-state index contributed by atoms with van der Waals surface area (Å²) in [4.78, 5) is 14.7. The molecule has 0 radical (unpaired) electrons. The van der Waals surface area contributed by atoms with Crippen molar-refractivity contribution in [3.63, 3.8) is 0 Å². The number of aromatic nitrogens is 3. The summed E-state index contributed by atoms with van der Waals surface area (Å²) < 4.78 is 5.20. The molecule has 124 valence electrons. The number of hydrogen-bond donors (Lipinski definition) is 2. The number of hydrogen-bond acceptors (Lipinski definition) is 4.